The number of ether oxygens (including phenoxy) is 1. The lowest BCUT2D eigenvalue weighted by Crippen LogP contribution is -2.50. The summed E-state index contributed by atoms with van der Waals surface area (Å²) in [4.78, 5) is 26.5. The Morgan fingerprint density at radius 1 is 1.16 bits per heavy atom. The fourth-order valence-corrected chi connectivity index (χ4v) is 2.87. The molecule has 0 unspecified atom stereocenters. The van der Waals surface area contributed by atoms with Crippen molar-refractivity contribution in [2.24, 2.45) is 0 Å². The summed E-state index contributed by atoms with van der Waals surface area (Å²) >= 11 is 0. The first-order valence-corrected chi connectivity index (χ1v) is 8.61. The van der Waals surface area contributed by atoms with E-state index in [1.807, 2.05) is 44.2 Å². The number of alkyl carbamates (subject to hydrolysis) is 1. The predicted molar refractivity (Wildman–Crippen MR) is 95.4 cm³/mol. The summed E-state index contributed by atoms with van der Waals surface area (Å²) in [7, 11) is 0. The molecule has 1 aromatic rings. The fourth-order valence-electron chi connectivity index (χ4n) is 2.87. The Hall–Kier alpha value is -2.76. The first-order valence-electron chi connectivity index (χ1n) is 8.61. The van der Waals surface area contributed by atoms with E-state index in [1.54, 1.807) is 17.2 Å². The number of hydrogen-bond acceptors (Lipinski definition) is 4. The van der Waals surface area contributed by atoms with Crippen molar-refractivity contribution >= 4 is 24.3 Å². The molecule has 1 aromatic carbocycles. The molecule has 0 spiro atoms. The molecule has 0 aromatic heterocycles. The van der Waals surface area contributed by atoms with E-state index in [2.05, 4.69) is 10.6 Å². The molecule has 2 amide bonds. The van der Waals surface area contributed by atoms with Crippen molar-refractivity contribution in [3.8, 4) is 0 Å². The van der Waals surface area contributed by atoms with Crippen LogP contribution in [0.1, 0.15) is 26.7 Å². The second kappa shape index (κ2) is 7.01. The molecule has 132 valence electrons. The van der Waals surface area contributed by atoms with E-state index in [1.165, 1.54) is 0 Å². The molecule has 25 heavy (non-hydrogen) atoms. The van der Waals surface area contributed by atoms with Gasteiger partial charge in [-0.3, -0.25) is 4.79 Å². The lowest BCUT2D eigenvalue weighted by molar-refractivity contribution is -0.134. The molecule has 6 nitrogen and oxygen atoms in total. The minimum absolute atomic E-state index is 0.0391. The van der Waals surface area contributed by atoms with Gasteiger partial charge in [0, 0.05) is 19.3 Å². The number of rotatable bonds is 5. The van der Waals surface area contributed by atoms with Crippen LogP contribution in [-0.4, -0.2) is 35.5 Å². The van der Waals surface area contributed by atoms with Crippen molar-refractivity contribution in [2.75, 3.05) is 13.1 Å². The summed E-state index contributed by atoms with van der Waals surface area (Å²) in [6.45, 7) is 5.12. The monoisotopic (exact) mass is 341 g/mol. The van der Waals surface area contributed by atoms with Crippen molar-refractivity contribution in [1.29, 1.82) is 0 Å². The van der Waals surface area contributed by atoms with Crippen molar-refractivity contribution < 1.29 is 14.3 Å². The highest BCUT2D eigenvalue weighted by molar-refractivity contribution is 5.93. The van der Waals surface area contributed by atoms with Gasteiger partial charge in [0.2, 0.25) is 11.8 Å². The van der Waals surface area contributed by atoms with Crippen LogP contribution in [0.2, 0.25) is 0 Å². The SMILES string of the molecule is CCN(CC)C(=O)C1(NC(=O)OC2=CC=c3ccccc3=CN2)CC1. The van der Waals surface area contributed by atoms with Crippen LogP contribution in [0, 0.1) is 0 Å². The fraction of sp³-hybridized carbons (Fsp3) is 0.368. The van der Waals surface area contributed by atoms with Gasteiger partial charge in [0.15, 0.2) is 0 Å². The summed E-state index contributed by atoms with van der Waals surface area (Å²) in [5, 5.41) is 7.76. The maximum atomic E-state index is 12.5. The zero-order chi connectivity index (χ0) is 17.9. The number of fused-ring (bicyclic) bond motifs is 1. The van der Waals surface area contributed by atoms with Crippen molar-refractivity contribution in [1.82, 2.24) is 15.5 Å². The Balaban J connectivity index is 1.65. The van der Waals surface area contributed by atoms with Crippen LogP contribution in [0.25, 0.3) is 12.3 Å². The summed E-state index contributed by atoms with van der Waals surface area (Å²) in [6, 6.07) is 7.84. The first-order chi connectivity index (χ1) is 12.1. The molecule has 1 aliphatic carbocycles. The third-order valence-corrected chi connectivity index (χ3v) is 4.53. The predicted octanol–water partition coefficient (Wildman–Crippen LogP) is 0.777. The number of likely N-dealkylation sites (N-methyl/N-ethyl adjacent to an activating group) is 1. The van der Waals surface area contributed by atoms with E-state index in [0.717, 1.165) is 10.4 Å². The molecular formula is C19H23N3O3. The normalized spacial score (nSPS) is 16.6. The van der Waals surface area contributed by atoms with Gasteiger partial charge in [0.25, 0.3) is 0 Å². The van der Waals surface area contributed by atoms with Gasteiger partial charge in [-0.05, 0) is 49.3 Å². The maximum absolute atomic E-state index is 12.5. The number of carbonyl (C=O) groups excluding carboxylic acids is 2. The van der Waals surface area contributed by atoms with Gasteiger partial charge in [0.1, 0.15) is 5.54 Å². The molecule has 2 aliphatic rings. The summed E-state index contributed by atoms with van der Waals surface area (Å²) < 4.78 is 5.34. The third-order valence-electron chi connectivity index (χ3n) is 4.53. The molecule has 3 rings (SSSR count). The summed E-state index contributed by atoms with van der Waals surface area (Å²) in [6.07, 6.45) is 6.04. The Kier molecular flexibility index (Phi) is 4.79. The molecule has 0 saturated heterocycles. The van der Waals surface area contributed by atoms with Crippen LogP contribution >= 0.6 is 0 Å². The molecule has 1 saturated carbocycles. The highest BCUT2D eigenvalue weighted by Crippen LogP contribution is 2.37. The van der Waals surface area contributed by atoms with E-state index in [0.29, 0.717) is 31.8 Å². The zero-order valence-corrected chi connectivity index (χ0v) is 14.5. The minimum Gasteiger partial charge on any atom is -0.393 e. The van der Waals surface area contributed by atoms with Crippen LogP contribution in [-0.2, 0) is 9.53 Å². The van der Waals surface area contributed by atoms with Gasteiger partial charge < -0.3 is 20.3 Å². The molecule has 1 fully saturated rings. The quantitative estimate of drug-likeness (QED) is 0.830. The van der Waals surface area contributed by atoms with Gasteiger partial charge in [-0.25, -0.2) is 4.79 Å². The molecular weight excluding hydrogens is 318 g/mol. The summed E-state index contributed by atoms with van der Waals surface area (Å²) in [5.41, 5.74) is -0.801. The Morgan fingerprint density at radius 3 is 2.48 bits per heavy atom. The maximum Gasteiger partial charge on any atom is 0.414 e. The molecule has 1 aliphatic heterocycles. The Bertz CT molecular complexity index is 821. The number of nitrogens with zero attached hydrogens (tertiary/aromatic N) is 1. The van der Waals surface area contributed by atoms with E-state index in [-0.39, 0.29) is 5.91 Å². The van der Waals surface area contributed by atoms with Crippen molar-refractivity contribution in [3.05, 3.63) is 46.7 Å². The lowest BCUT2D eigenvalue weighted by Gasteiger charge is -2.25. The lowest BCUT2D eigenvalue weighted by atomic mass is 10.2. The standard InChI is InChI=1S/C19H23N3O3/c1-3-22(4-2)17(23)19(11-12-19)21-18(24)25-16-10-9-14-7-5-6-8-15(14)13-20-16/h5-10,13,20H,3-4,11-12H2,1-2H3,(H,21,24). The molecule has 0 radical (unpaired) electrons. The van der Waals surface area contributed by atoms with E-state index < -0.39 is 11.6 Å². The Labute approximate surface area is 146 Å². The average Bonchev–Trinajstić information content (AvgIpc) is 3.41. The molecule has 1 heterocycles. The van der Waals surface area contributed by atoms with Crippen LogP contribution in [0.4, 0.5) is 4.79 Å². The number of amides is 2. The number of nitrogens with one attached hydrogen (secondary N) is 2. The third kappa shape index (κ3) is 3.68. The van der Waals surface area contributed by atoms with Gasteiger partial charge >= 0.3 is 6.09 Å². The van der Waals surface area contributed by atoms with Gasteiger partial charge in [-0.15, -0.1) is 0 Å². The van der Waals surface area contributed by atoms with Crippen LogP contribution in [0.15, 0.2) is 36.2 Å². The number of carbonyl (C=O) groups is 2. The Morgan fingerprint density at radius 2 is 1.84 bits per heavy atom. The zero-order valence-electron chi connectivity index (χ0n) is 14.5. The van der Waals surface area contributed by atoms with Gasteiger partial charge in [-0.2, -0.15) is 0 Å². The van der Waals surface area contributed by atoms with Crippen molar-refractivity contribution in [2.45, 2.75) is 32.2 Å². The van der Waals surface area contributed by atoms with Crippen LogP contribution in [0.3, 0.4) is 0 Å². The second-order valence-corrected chi connectivity index (χ2v) is 6.19. The van der Waals surface area contributed by atoms with Crippen LogP contribution < -0.4 is 21.1 Å². The second-order valence-electron chi connectivity index (χ2n) is 6.19. The first kappa shape index (κ1) is 17.1. The van der Waals surface area contributed by atoms with Gasteiger partial charge in [-0.1, -0.05) is 24.3 Å². The average molecular weight is 341 g/mol. The van der Waals surface area contributed by atoms with E-state index in [9.17, 15) is 9.59 Å². The molecule has 0 atom stereocenters. The highest BCUT2D eigenvalue weighted by atomic mass is 16.6. The molecule has 2 N–H and O–H groups in total. The molecule has 0 bridgehead atoms. The van der Waals surface area contributed by atoms with E-state index >= 15 is 0 Å². The van der Waals surface area contributed by atoms with Crippen molar-refractivity contribution in [3.63, 3.8) is 0 Å². The highest BCUT2D eigenvalue weighted by Gasteiger charge is 2.53. The van der Waals surface area contributed by atoms with Gasteiger partial charge in [0.05, 0.1) is 0 Å². The van der Waals surface area contributed by atoms with E-state index in [4.69, 9.17) is 4.74 Å². The number of allylic oxidation sites excluding steroid dienone is 1. The minimum atomic E-state index is -0.801. The number of benzene rings is 1. The topological polar surface area (TPSA) is 70.7 Å². The number of hydrogen-bond donors (Lipinski definition) is 2. The largest absolute Gasteiger partial charge is 0.414 e. The van der Waals surface area contributed by atoms with Crippen LogP contribution in [0.5, 0.6) is 0 Å². The smallest absolute Gasteiger partial charge is 0.393 e. The summed E-state index contributed by atoms with van der Waals surface area (Å²) in [5.74, 6) is 0.280. The molecule has 6 heteroatoms.